The molecule has 3 rings (SSSR count). The van der Waals surface area contributed by atoms with E-state index in [-0.39, 0.29) is 5.78 Å². The Kier molecular flexibility index (Phi) is 5.44. The molecular formula is C22H19FN2O. The number of nitrogens with two attached hydrogens (primary N) is 1. The largest absolute Gasteiger partial charge is 0.399 e. The fourth-order valence-corrected chi connectivity index (χ4v) is 2.54. The molecule has 0 atom stereocenters. The predicted molar refractivity (Wildman–Crippen MR) is 103 cm³/mol. The van der Waals surface area contributed by atoms with Gasteiger partial charge in [0.25, 0.3) is 0 Å². The molecular weight excluding hydrogens is 327 g/mol. The van der Waals surface area contributed by atoms with Crippen LogP contribution in [0.15, 0.2) is 84.9 Å². The molecule has 3 N–H and O–H groups in total. The number of allylic oxidation sites excluding steroid dienone is 1. The van der Waals surface area contributed by atoms with E-state index in [4.69, 9.17) is 5.73 Å². The maximum absolute atomic E-state index is 13.4. The molecule has 4 heteroatoms. The fourth-order valence-electron chi connectivity index (χ4n) is 2.54. The number of nitrogens with one attached hydrogen (secondary N) is 1. The second-order valence-corrected chi connectivity index (χ2v) is 5.89. The van der Waals surface area contributed by atoms with Crippen molar-refractivity contribution in [3.05, 3.63) is 107 Å². The summed E-state index contributed by atoms with van der Waals surface area (Å²) in [5.41, 5.74) is 9.33. The van der Waals surface area contributed by atoms with Crippen LogP contribution in [0.3, 0.4) is 0 Å². The number of nitrogen functional groups attached to an aromatic ring is 1. The molecule has 0 aromatic heterocycles. The number of rotatable bonds is 6. The molecule has 0 aliphatic carbocycles. The van der Waals surface area contributed by atoms with E-state index in [0.29, 0.717) is 23.5 Å². The SMILES string of the molecule is Nc1ccc(CN/C(=C\C(=O)c2cccc(F)c2)c2ccccc2)cc1. The van der Waals surface area contributed by atoms with Gasteiger partial charge in [-0.05, 0) is 35.4 Å². The number of carbonyl (C=O) groups is 1. The van der Waals surface area contributed by atoms with Crippen molar-refractivity contribution in [2.24, 2.45) is 0 Å². The summed E-state index contributed by atoms with van der Waals surface area (Å²) in [6, 6.07) is 22.8. The van der Waals surface area contributed by atoms with Crippen LogP contribution in [0.5, 0.6) is 0 Å². The Bertz CT molecular complexity index is 918. The summed E-state index contributed by atoms with van der Waals surface area (Å²) in [4.78, 5) is 12.5. The first-order valence-corrected chi connectivity index (χ1v) is 8.27. The van der Waals surface area contributed by atoms with Crippen LogP contribution in [0, 0.1) is 5.82 Å². The maximum atomic E-state index is 13.4. The van der Waals surface area contributed by atoms with Crippen LogP contribution in [-0.2, 0) is 6.54 Å². The molecule has 130 valence electrons. The lowest BCUT2D eigenvalue weighted by Crippen LogP contribution is -2.13. The first kappa shape index (κ1) is 17.4. The molecule has 3 nitrogen and oxygen atoms in total. The molecule has 0 saturated heterocycles. The third kappa shape index (κ3) is 4.57. The maximum Gasteiger partial charge on any atom is 0.188 e. The van der Waals surface area contributed by atoms with Gasteiger partial charge in [0, 0.05) is 29.6 Å². The zero-order valence-corrected chi connectivity index (χ0v) is 14.2. The van der Waals surface area contributed by atoms with Crippen LogP contribution in [0.4, 0.5) is 10.1 Å². The van der Waals surface area contributed by atoms with Crippen LogP contribution in [-0.4, -0.2) is 5.78 Å². The third-order valence-electron chi connectivity index (χ3n) is 3.93. The number of benzene rings is 3. The second kappa shape index (κ2) is 8.12. The highest BCUT2D eigenvalue weighted by Gasteiger charge is 2.08. The molecule has 0 aliphatic rings. The Hall–Kier alpha value is -3.40. The minimum absolute atomic E-state index is 0.256. The van der Waals surface area contributed by atoms with Crippen molar-refractivity contribution in [3.8, 4) is 0 Å². The molecule has 0 saturated carbocycles. The van der Waals surface area contributed by atoms with Crippen LogP contribution in [0.25, 0.3) is 5.70 Å². The Morgan fingerprint density at radius 2 is 1.62 bits per heavy atom. The van der Waals surface area contributed by atoms with Gasteiger partial charge in [0.05, 0.1) is 0 Å². The standard InChI is InChI=1S/C22H19FN2O/c23-19-8-4-7-18(13-19)22(26)14-21(17-5-2-1-3-6-17)25-15-16-9-11-20(24)12-10-16/h1-14,25H,15,24H2/b21-14-. The molecule has 0 aliphatic heterocycles. The second-order valence-electron chi connectivity index (χ2n) is 5.89. The summed E-state index contributed by atoms with van der Waals surface area (Å²) in [7, 11) is 0. The highest BCUT2D eigenvalue weighted by molar-refractivity contribution is 6.08. The number of carbonyl (C=O) groups excluding carboxylic acids is 1. The Morgan fingerprint density at radius 3 is 2.31 bits per heavy atom. The molecule has 0 heterocycles. The van der Waals surface area contributed by atoms with Gasteiger partial charge in [-0.3, -0.25) is 4.79 Å². The van der Waals surface area contributed by atoms with Gasteiger partial charge in [-0.15, -0.1) is 0 Å². The van der Waals surface area contributed by atoms with E-state index in [1.54, 1.807) is 6.07 Å². The van der Waals surface area contributed by atoms with Gasteiger partial charge in [0.2, 0.25) is 0 Å². The van der Waals surface area contributed by atoms with Crippen molar-refractivity contribution < 1.29 is 9.18 Å². The zero-order valence-electron chi connectivity index (χ0n) is 14.2. The van der Waals surface area contributed by atoms with Crippen LogP contribution in [0.1, 0.15) is 21.5 Å². The van der Waals surface area contributed by atoms with E-state index < -0.39 is 5.82 Å². The van der Waals surface area contributed by atoms with Crippen LogP contribution in [0.2, 0.25) is 0 Å². The van der Waals surface area contributed by atoms with Crippen molar-refractivity contribution in [3.63, 3.8) is 0 Å². The van der Waals surface area contributed by atoms with Gasteiger partial charge in [0.1, 0.15) is 5.82 Å². The molecule has 0 radical (unpaired) electrons. The molecule has 0 spiro atoms. The lowest BCUT2D eigenvalue weighted by molar-refractivity contribution is 0.104. The van der Waals surface area contributed by atoms with Gasteiger partial charge in [-0.2, -0.15) is 0 Å². The number of anilines is 1. The third-order valence-corrected chi connectivity index (χ3v) is 3.93. The smallest absolute Gasteiger partial charge is 0.188 e. The molecule has 3 aromatic carbocycles. The first-order chi connectivity index (χ1) is 12.6. The lowest BCUT2D eigenvalue weighted by atomic mass is 10.1. The lowest BCUT2D eigenvalue weighted by Gasteiger charge is -2.12. The van der Waals surface area contributed by atoms with Gasteiger partial charge in [-0.1, -0.05) is 54.6 Å². The normalized spacial score (nSPS) is 11.2. The zero-order chi connectivity index (χ0) is 18.4. The number of ketones is 1. The van der Waals surface area contributed by atoms with Crippen molar-refractivity contribution in [2.45, 2.75) is 6.54 Å². The average molecular weight is 346 g/mol. The minimum atomic E-state index is -0.430. The topological polar surface area (TPSA) is 55.1 Å². The van der Waals surface area contributed by atoms with E-state index in [1.807, 2.05) is 54.6 Å². The molecule has 26 heavy (non-hydrogen) atoms. The Morgan fingerprint density at radius 1 is 0.923 bits per heavy atom. The van der Waals surface area contributed by atoms with Crippen molar-refractivity contribution in [2.75, 3.05) is 5.73 Å². The average Bonchev–Trinajstić information content (AvgIpc) is 2.67. The van der Waals surface area contributed by atoms with E-state index in [2.05, 4.69) is 5.32 Å². The molecule has 0 unspecified atom stereocenters. The van der Waals surface area contributed by atoms with Crippen LogP contribution >= 0.6 is 0 Å². The predicted octanol–water partition coefficient (Wildman–Crippen LogP) is 4.42. The van der Waals surface area contributed by atoms with Gasteiger partial charge in [0.15, 0.2) is 5.78 Å². The molecule has 0 amide bonds. The first-order valence-electron chi connectivity index (χ1n) is 8.27. The Balaban J connectivity index is 1.85. The van der Waals surface area contributed by atoms with E-state index in [0.717, 1.165) is 11.1 Å². The minimum Gasteiger partial charge on any atom is -0.399 e. The monoisotopic (exact) mass is 346 g/mol. The van der Waals surface area contributed by atoms with Crippen molar-refractivity contribution in [1.29, 1.82) is 0 Å². The molecule has 3 aromatic rings. The van der Waals surface area contributed by atoms with E-state index in [1.165, 1.54) is 24.3 Å². The van der Waals surface area contributed by atoms with Crippen molar-refractivity contribution >= 4 is 17.2 Å². The summed E-state index contributed by atoms with van der Waals surface area (Å²) in [6.45, 7) is 0.539. The summed E-state index contributed by atoms with van der Waals surface area (Å²) in [5.74, 6) is -0.687. The number of hydrogen-bond acceptors (Lipinski definition) is 3. The molecule has 0 bridgehead atoms. The van der Waals surface area contributed by atoms with Crippen molar-refractivity contribution in [1.82, 2.24) is 5.32 Å². The summed E-state index contributed by atoms with van der Waals surface area (Å²) >= 11 is 0. The van der Waals surface area contributed by atoms with E-state index >= 15 is 0 Å². The Labute approximate surface area is 152 Å². The highest BCUT2D eigenvalue weighted by Crippen LogP contribution is 2.15. The number of hydrogen-bond donors (Lipinski definition) is 2. The summed E-state index contributed by atoms with van der Waals surface area (Å²) in [6.07, 6.45) is 1.50. The van der Waals surface area contributed by atoms with Crippen LogP contribution < -0.4 is 11.1 Å². The fraction of sp³-hybridized carbons (Fsp3) is 0.0455. The van der Waals surface area contributed by atoms with Gasteiger partial charge < -0.3 is 11.1 Å². The summed E-state index contributed by atoms with van der Waals surface area (Å²) in [5, 5.41) is 3.29. The van der Waals surface area contributed by atoms with Gasteiger partial charge >= 0.3 is 0 Å². The highest BCUT2D eigenvalue weighted by atomic mass is 19.1. The van der Waals surface area contributed by atoms with Gasteiger partial charge in [-0.25, -0.2) is 4.39 Å². The number of halogens is 1. The molecule has 0 fully saturated rings. The quantitative estimate of drug-likeness (QED) is 0.395. The van der Waals surface area contributed by atoms with E-state index in [9.17, 15) is 9.18 Å². The summed E-state index contributed by atoms with van der Waals surface area (Å²) < 4.78 is 13.4.